The van der Waals surface area contributed by atoms with Gasteiger partial charge in [0.15, 0.2) is 0 Å². The number of rotatable bonds is 4. The molecule has 0 saturated carbocycles. The number of nitrogens with zero attached hydrogens (tertiary/aromatic N) is 1. The van der Waals surface area contributed by atoms with E-state index in [1.807, 2.05) is 0 Å². The highest BCUT2D eigenvalue weighted by Gasteiger charge is 2.33. The smallest absolute Gasteiger partial charge is 0.263 e. The van der Waals surface area contributed by atoms with Gasteiger partial charge in [-0.05, 0) is 30.3 Å². The first-order valence-electron chi connectivity index (χ1n) is 7.46. The van der Waals surface area contributed by atoms with Gasteiger partial charge in [0, 0.05) is 12.7 Å². The van der Waals surface area contributed by atoms with E-state index < -0.39 is 11.8 Å². The Morgan fingerprint density at radius 2 is 1.56 bits per heavy atom. The van der Waals surface area contributed by atoms with Crippen molar-refractivity contribution < 1.29 is 23.9 Å². The van der Waals surface area contributed by atoms with Crippen LogP contribution in [0.2, 0.25) is 0 Å². The fourth-order valence-electron chi connectivity index (χ4n) is 2.71. The Kier molecular flexibility index (Phi) is 4.14. The van der Waals surface area contributed by atoms with Crippen molar-refractivity contribution in [1.29, 1.82) is 0 Å². The van der Waals surface area contributed by atoms with Gasteiger partial charge >= 0.3 is 0 Å². The molecule has 0 aliphatic carbocycles. The van der Waals surface area contributed by atoms with E-state index in [2.05, 4.69) is 5.32 Å². The molecular weight excluding hydrogens is 324 g/mol. The second-order valence-corrected chi connectivity index (χ2v) is 5.42. The molecule has 0 unspecified atom stereocenters. The summed E-state index contributed by atoms with van der Waals surface area (Å²) in [7, 11) is 4.34. The minimum atomic E-state index is -0.445. The summed E-state index contributed by atoms with van der Waals surface area (Å²) in [5.74, 6) is -0.470. The molecule has 7 nitrogen and oxygen atoms in total. The van der Waals surface area contributed by atoms with Gasteiger partial charge in [-0.1, -0.05) is 6.07 Å². The first-order valence-corrected chi connectivity index (χ1v) is 7.46. The number of nitrogens with one attached hydrogen (secondary N) is 1. The molecule has 3 rings (SSSR count). The maximum absolute atomic E-state index is 12.7. The van der Waals surface area contributed by atoms with E-state index in [0.29, 0.717) is 22.7 Å². The lowest BCUT2D eigenvalue weighted by atomic mass is 10.1. The molecule has 0 atom stereocenters. The molecule has 2 aromatic rings. The number of benzene rings is 2. The van der Waals surface area contributed by atoms with E-state index in [4.69, 9.17) is 9.47 Å². The second-order valence-electron chi connectivity index (χ2n) is 5.42. The van der Waals surface area contributed by atoms with Crippen LogP contribution >= 0.6 is 0 Å². The number of anilines is 1. The molecule has 0 radical (unpaired) electrons. The normalized spacial score (nSPS) is 12.8. The van der Waals surface area contributed by atoms with E-state index in [1.54, 1.807) is 24.3 Å². The van der Waals surface area contributed by atoms with Gasteiger partial charge in [0.1, 0.15) is 17.1 Å². The fourth-order valence-corrected chi connectivity index (χ4v) is 2.71. The highest BCUT2D eigenvalue weighted by molar-refractivity contribution is 6.21. The SMILES string of the molecule is COc1cccc(OC)c1C(=O)Nc1ccc2c(c1)C(=O)N(C)C2=O. The van der Waals surface area contributed by atoms with Crippen LogP contribution in [0.3, 0.4) is 0 Å². The number of fused-ring (bicyclic) bond motifs is 1. The Morgan fingerprint density at radius 3 is 2.16 bits per heavy atom. The lowest BCUT2D eigenvalue weighted by Crippen LogP contribution is -2.24. The third kappa shape index (κ3) is 2.69. The lowest BCUT2D eigenvalue weighted by Gasteiger charge is -2.13. The van der Waals surface area contributed by atoms with E-state index in [1.165, 1.54) is 33.4 Å². The standard InChI is InChI=1S/C18H16N2O5/c1-20-17(22)11-8-7-10(9-12(11)18(20)23)19-16(21)15-13(24-2)5-4-6-14(15)25-3/h4-9H,1-3H3,(H,19,21). The summed E-state index contributed by atoms with van der Waals surface area (Å²) in [5.41, 5.74) is 1.22. The molecule has 1 N–H and O–H groups in total. The van der Waals surface area contributed by atoms with Crippen molar-refractivity contribution in [3.63, 3.8) is 0 Å². The zero-order valence-electron chi connectivity index (χ0n) is 14.0. The zero-order chi connectivity index (χ0) is 18.1. The quantitative estimate of drug-likeness (QED) is 0.863. The van der Waals surface area contributed by atoms with Gasteiger partial charge in [0.05, 0.1) is 25.3 Å². The Labute approximate surface area is 144 Å². The fraction of sp³-hybridized carbons (Fsp3) is 0.167. The first-order chi connectivity index (χ1) is 12.0. The third-order valence-corrected chi connectivity index (χ3v) is 4.00. The van der Waals surface area contributed by atoms with Gasteiger partial charge in [-0.15, -0.1) is 0 Å². The number of hydrogen-bond acceptors (Lipinski definition) is 5. The molecule has 1 heterocycles. The molecule has 0 aromatic heterocycles. The molecule has 2 aromatic carbocycles. The Hall–Kier alpha value is -3.35. The molecule has 3 amide bonds. The Balaban J connectivity index is 1.94. The van der Waals surface area contributed by atoms with Crippen LogP contribution < -0.4 is 14.8 Å². The van der Waals surface area contributed by atoms with Crippen molar-refractivity contribution in [3.05, 3.63) is 53.1 Å². The molecule has 0 bridgehead atoms. The summed E-state index contributed by atoms with van der Waals surface area (Å²) in [6, 6.07) is 9.59. The molecule has 128 valence electrons. The van der Waals surface area contributed by atoms with Crippen molar-refractivity contribution in [2.75, 3.05) is 26.6 Å². The van der Waals surface area contributed by atoms with Crippen LogP contribution in [0.5, 0.6) is 11.5 Å². The molecule has 0 spiro atoms. The maximum Gasteiger partial charge on any atom is 0.263 e. The first kappa shape index (κ1) is 16.5. The lowest BCUT2D eigenvalue weighted by molar-refractivity contribution is 0.0692. The number of carbonyl (C=O) groups is 3. The molecule has 1 aliphatic heterocycles. The van der Waals surface area contributed by atoms with Crippen molar-refractivity contribution in [3.8, 4) is 11.5 Å². The molecule has 1 aliphatic rings. The summed E-state index contributed by atoms with van der Waals surface area (Å²) in [5, 5.41) is 2.71. The van der Waals surface area contributed by atoms with Crippen molar-refractivity contribution in [2.45, 2.75) is 0 Å². The Bertz CT molecular complexity index is 869. The highest BCUT2D eigenvalue weighted by atomic mass is 16.5. The van der Waals surface area contributed by atoms with E-state index >= 15 is 0 Å². The minimum Gasteiger partial charge on any atom is -0.496 e. The average Bonchev–Trinajstić information content (AvgIpc) is 2.85. The van der Waals surface area contributed by atoms with Gasteiger partial charge in [-0.3, -0.25) is 19.3 Å². The predicted octanol–water partition coefficient (Wildman–Crippen LogP) is 2.18. The maximum atomic E-state index is 12.7. The number of methoxy groups -OCH3 is 2. The van der Waals surface area contributed by atoms with Crippen LogP contribution in [0, 0.1) is 0 Å². The predicted molar refractivity (Wildman–Crippen MR) is 90.4 cm³/mol. The topological polar surface area (TPSA) is 84.9 Å². The van der Waals surface area contributed by atoms with Gasteiger partial charge < -0.3 is 14.8 Å². The van der Waals surface area contributed by atoms with Crippen molar-refractivity contribution in [1.82, 2.24) is 4.90 Å². The largest absolute Gasteiger partial charge is 0.496 e. The number of imide groups is 1. The highest BCUT2D eigenvalue weighted by Crippen LogP contribution is 2.30. The van der Waals surface area contributed by atoms with Crippen LogP contribution in [-0.2, 0) is 0 Å². The number of ether oxygens (including phenoxy) is 2. The van der Waals surface area contributed by atoms with Crippen LogP contribution in [0.4, 0.5) is 5.69 Å². The summed E-state index contributed by atoms with van der Waals surface area (Å²) in [6.07, 6.45) is 0. The van der Waals surface area contributed by atoms with E-state index in [0.717, 1.165) is 4.90 Å². The molecule has 0 saturated heterocycles. The number of carbonyl (C=O) groups excluding carboxylic acids is 3. The average molecular weight is 340 g/mol. The third-order valence-electron chi connectivity index (χ3n) is 4.00. The van der Waals surface area contributed by atoms with Crippen molar-refractivity contribution in [2.24, 2.45) is 0 Å². The molecule has 25 heavy (non-hydrogen) atoms. The van der Waals surface area contributed by atoms with Crippen LogP contribution in [-0.4, -0.2) is 43.9 Å². The number of amides is 3. The summed E-state index contributed by atoms with van der Waals surface area (Å²) in [6.45, 7) is 0. The monoisotopic (exact) mass is 340 g/mol. The van der Waals surface area contributed by atoms with Crippen LogP contribution in [0.1, 0.15) is 31.1 Å². The molecular formula is C18H16N2O5. The number of hydrogen-bond donors (Lipinski definition) is 1. The summed E-state index contributed by atoms with van der Waals surface area (Å²) in [4.78, 5) is 37.7. The van der Waals surface area contributed by atoms with Crippen LogP contribution in [0.15, 0.2) is 36.4 Å². The van der Waals surface area contributed by atoms with Gasteiger partial charge in [0.2, 0.25) is 0 Å². The van der Waals surface area contributed by atoms with E-state index in [9.17, 15) is 14.4 Å². The van der Waals surface area contributed by atoms with E-state index in [-0.39, 0.29) is 17.0 Å². The second kappa shape index (κ2) is 6.27. The van der Waals surface area contributed by atoms with Crippen LogP contribution in [0.25, 0.3) is 0 Å². The van der Waals surface area contributed by atoms with Gasteiger partial charge in [0.25, 0.3) is 17.7 Å². The van der Waals surface area contributed by atoms with Gasteiger partial charge in [-0.2, -0.15) is 0 Å². The van der Waals surface area contributed by atoms with Crippen molar-refractivity contribution >= 4 is 23.4 Å². The molecule has 0 fully saturated rings. The minimum absolute atomic E-state index is 0.243. The summed E-state index contributed by atoms with van der Waals surface area (Å²) < 4.78 is 10.4. The van der Waals surface area contributed by atoms with Gasteiger partial charge in [-0.25, -0.2) is 0 Å². The molecule has 7 heteroatoms. The summed E-state index contributed by atoms with van der Waals surface area (Å²) >= 11 is 0. The Morgan fingerprint density at radius 1 is 0.960 bits per heavy atom. The zero-order valence-corrected chi connectivity index (χ0v) is 14.0.